The van der Waals surface area contributed by atoms with Gasteiger partial charge < -0.3 is 19.1 Å². The van der Waals surface area contributed by atoms with Gasteiger partial charge in [-0.1, -0.05) is 6.07 Å². The lowest BCUT2D eigenvalue weighted by molar-refractivity contribution is 0.0138. The number of nitrogens with zero attached hydrogens (tertiary/aromatic N) is 5. The van der Waals surface area contributed by atoms with Gasteiger partial charge in [0.2, 0.25) is 5.88 Å². The van der Waals surface area contributed by atoms with Crippen LogP contribution in [0.4, 0.5) is 25.5 Å². The molecule has 1 saturated heterocycles. The summed E-state index contributed by atoms with van der Waals surface area (Å²) in [6.45, 7) is 12.3. The first-order valence-electron chi connectivity index (χ1n) is 14.6. The van der Waals surface area contributed by atoms with E-state index in [4.69, 9.17) is 19.2 Å². The molecule has 2 aromatic heterocycles. The Labute approximate surface area is 245 Å². The summed E-state index contributed by atoms with van der Waals surface area (Å²) in [5, 5.41) is 4.57. The average molecular weight is 582 g/mol. The molecule has 10 nitrogen and oxygen atoms in total. The normalized spacial score (nSPS) is 17.7. The van der Waals surface area contributed by atoms with Gasteiger partial charge in [-0.25, -0.2) is 18.9 Å². The zero-order valence-corrected chi connectivity index (χ0v) is 25.2. The number of carbonyl (C=O) groups excluding carboxylic acids is 2. The Kier molecular flexibility index (Phi) is 8.04. The van der Waals surface area contributed by atoms with E-state index in [1.807, 2.05) is 20.8 Å². The summed E-state index contributed by atoms with van der Waals surface area (Å²) < 4.78 is 33.5. The summed E-state index contributed by atoms with van der Waals surface area (Å²) in [6, 6.07) is 7.39. The first-order valence-corrected chi connectivity index (χ1v) is 14.6. The summed E-state index contributed by atoms with van der Waals surface area (Å²) in [5.74, 6) is 0.544. The van der Waals surface area contributed by atoms with Crippen molar-refractivity contribution in [1.29, 1.82) is 0 Å². The van der Waals surface area contributed by atoms with E-state index in [-0.39, 0.29) is 17.7 Å². The van der Waals surface area contributed by atoms with Crippen LogP contribution >= 0.6 is 0 Å². The van der Waals surface area contributed by atoms with Crippen molar-refractivity contribution in [1.82, 2.24) is 19.5 Å². The summed E-state index contributed by atoms with van der Waals surface area (Å²) in [6.07, 6.45) is 4.55. The molecule has 226 valence electrons. The number of hydrogen-bond donors (Lipinski definition) is 0. The molecule has 1 aliphatic heterocycles. The Balaban J connectivity index is 1.47. The van der Waals surface area contributed by atoms with Crippen LogP contribution in [0.2, 0.25) is 0 Å². The maximum absolute atomic E-state index is 14.4. The third-order valence-electron chi connectivity index (χ3n) is 6.98. The summed E-state index contributed by atoms with van der Waals surface area (Å²) in [5.41, 5.74) is 0.472. The maximum Gasteiger partial charge on any atom is 0.420 e. The molecule has 1 saturated carbocycles. The van der Waals surface area contributed by atoms with Gasteiger partial charge in [-0.3, -0.25) is 0 Å². The predicted octanol–water partition coefficient (Wildman–Crippen LogP) is 6.84. The molecule has 2 fully saturated rings. The lowest BCUT2D eigenvalue weighted by Gasteiger charge is -2.34. The summed E-state index contributed by atoms with van der Waals surface area (Å²) in [7, 11) is 0. The van der Waals surface area contributed by atoms with E-state index in [0.29, 0.717) is 43.0 Å². The van der Waals surface area contributed by atoms with Gasteiger partial charge in [-0.2, -0.15) is 14.6 Å². The number of likely N-dealkylation sites (tertiary alicyclic amines) is 1. The number of benzene rings is 1. The maximum atomic E-state index is 14.4. The molecule has 0 spiro atoms. The van der Waals surface area contributed by atoms with Crippen LogP contribution in [0.5, 0.6) is 5.88 Å². The third-order valence-corrected chi connectivity index (χ3v) is 6.98. The number of ether oxygens (including phenoxy) is 3. The van der Waals surface area contributed by atoms with Crippen LogP contribution in [-0.4, -0.2) is 62.6 Å². The highest BCUT2D eigenvalue weighted by Crippen LogP contribution is 2.43. The number of halogens is 1. The van der Waals surface area contributed by atoms with Crippen LogP contribution in [0.1, 0.15) is 78.7 Å². The number of amides is 2. The van der Waals surface area contributed by atoms with Crippen molar-refractivity contribution in [2.45, 2.75) is 84.3 Å². The highest BCUT2D eigenvalue weighted by atomic mass is 19.1. The number of fused-ring (bicyclic) bond motifs is 1. The standard InChI is InChI=1S/C31H40FN5O5/c1-30(2,3)41-28(38)35-14-8-9-20(18-35)19-40-25-16-26(37-27(34-25)24(17-33-37)21-12-13-21)36(29(39)42-31(4,5)6)23-11-7-10-22(32)15-23/h7,10-11,15-17,20-21H,8-9,12-14,18-19H2,1-6H3/t20-/m0/s1. The van der Waals surface area contributed by atoms with E-state index in [0.717, 1.165) is 31.2 Å². The van der Waals surface area contributed by atoms with E-state index >= 15 is 0 Å². The van der Waals surface area contributed by atoms with Crippen molar-refractivity contribution in [3.8, 4) is 5.88 Å². The predicted molar refractivity (Wildman–Crippen MR) is 156 cm³/mol. The first kappa shape index (κ1) is 29.6. The fourth-order valence-corrected chi connectivity index (χ4v) is 5.01. The molecule has 1 aromatic carbocycles. The molecule has 0 N–H and O–H groups in total. The molecule has 0 radical (unpaired) electrons. The van der Waals surface area contributed by atoms with Crippen LogP contribution in [0, 0.1) is 11.7 Å². The van der Waals surface area contributed by atoms with Gasteiger partial charge in [0.1, 0.15) is 17.0 Å². The molecule has 2 amide bonds. The second-order valence-corrected chi connectivity index (χ2v) is 13.1. The van der Waals surface area contributed by atoms with Crippen LogP contribution < -0.4 is 9.64 Å². The van der Waals surface area contributed by atoms with E-state index in [1.54, 1.807) is 48.5 Å². The number of anilines is 2. The number of carbonyl (C=O) groups is 2. The molecule has 11 heteroatoms. The minimum atomic E-state index is -0.793. The fourth-order valence-electron chi connectivity index (χ4n) is 5.01. The Morgan fingerprint density at radius 3 is 2.45 bits per heavy atom. The molecule has 5 rings (SSSR count). The molecule has 1 atom stereocenters. The molecule has 1 aliphatic carbocycles. The minimum Gasteiger partial charge on any atom is -0.477 e. The van der Waals surface area contributed by atoms with Crippen molar-refractivity contribution in [2.24, 2.45) is 5.92 Å². The highest BCUT2D eigenvalue weighted by Gasteiger charge is 2.33. The van der Waals surface area contributed by atoms with Crippen molar-refractivity contribution in [2.75, 3.05) is 24.6 Å². The van der Waals surface area contributed by atoms with E-state index < -0.39 is 23.1 Å². The fraction of sp³-hybridized carbons (Fsp3) is 0.548. The molecule has 3 heterocycles. The topological polar surface area (TPSA) is 98.5 Å². The second kappa shape index (κ2) is 11.4. The minimum absolute atomic E-state index is 0.0748. The molecular formula is C31H40FN5O5. The summed E-state index contributed by atoms with van der Waals surface area (Å²) in [4.78, 5) is 34.1. The zero-order chi connectivity index (χ0) is 30.2. The molecule has 0 bridgehead atoms. The Morgan fingerprint density at radius 2 is 1.79 bits per heavy atom. The van der Waals surface area contributed by atoms with Crippen molar-refractivity contribution in [3.63, 3.8) is 0 Å². The van der Waals surface area contributed by atoms with Gasteiger partial charge in [-0.15, -0.1) is 0 Å². The third kappa shape index (κ3) is 7.11. The number of rotatable bonds is 6. The van der Waals surface area contributed by atoms with Crippen LogP contribution in [0.15, 0.2) is 36.5 Å². The number of piperidine rings is 1. The SMILES string of the molecule is CC(C)(C)OC(=O)N1CCC[C@H](COc2cc(N(C(=O)OC(C)(C)C)c3cccc(F)c3)n3ncc(C4CC4)c3n2)C1. The Hall–Kier alpha value is -3.89. The van der Waals surface area contributed by atoms with Crippen molar-refractivity contribution >= 4 is 29.3 Å². The van der Waals surface area contributed by atoms with E-state index in [2.05, 4.69) is 5.10 Å². The van der Waals surface area contributed by atoms with Gasteiger partial charge in [-0.05, 0) is 91.3 Å². The Morgan fingerprint density at radius 1 is 1.05 bits per heavy atom. The van der Waals surface area contributed by atoms with Gasteiger partial charge in [0.15, 0.2) is 11.5 Å². The monoisotopic (exact) mass is 581 g/mol. The second-order valence-electron chi connectivity index (χ2n) is 13.1. The smallest absolute Gasteiger partial charge is 0.420 e. The van der Waals surface area contributed by atoms with Crippen LogP contribution in [-0.2, 0) is 9.47 Å². The molecule has 3 aromatic rings. The largest absolute Gasteiger partial charge is 0.477 e. The Bertz CT molecular complexity index is 1460. The van der Waals surface area contributed by atoms with Gasteiger partial charge in [0, 0.05) is 30.6 Å². The van der Waals surface area contributed by atoms with Gasteiger partial charge in [0.05, 0.1) is 18.5 Å². The number of aromatic nitrogens is 3. The summed E-state index contributed by atoms with van der Waals surface area (Å²) >= 11 is 0. The van der Waals surface area contributed by atoms with Crippen molar-refractivity contribution < 1.29 is 28.2 Å². The molecule has 42 heavy (non-hydrogen) atoms. The van der Waals surface area contributed by atoms with E-state index in [1.165, 1.54) is 23.1 Å². The first-order chi connectivity index (χ1) is 19.8. The van der Waals surface area contributed by atoms with Gasteiger partial charge in [0.25, 0.3) is 0 Å². The molecule has 0 unspecified atom stereocenters. The van der Waals surface area contributed by atoms with Crippen LogP contribution in [0.3, 0.4) is 0 Å². The zero-order valence-electron chi connectivity index (χ0n) is 25.2. The average Bonchev–Trinajstić information content (AvgIpc) is 3.64. The van der Waals surface area contributed by atoms with Gasteiger partial charge >= 0.3 is 12.2 Å². The number of hydrogen-bond acceptors (Lipinski definition) is 7. The van der Waals surface area contributed by atoms with Crippen molar-refractivity contribution in [3.05, 3.63) is 47.9 Å². The van der Waals surface area contributed by atoms with E-state index in [9.17, 15) is 14.0 Å². The quantitative estimate of drug-likeness (QED) is 0.314. The lowest BCUT2D eigenvalue weighted by Crippen LogP contribution is -2.44. The lowest BCUT2D eigenvalue weighted by atomic mass is 9.99. The highest BCUT2D eigenvalue weighted by molar-refractivity contribution is 5.95. The molecular weight excluding hydrogens is 541 g/mol. The van der Waals surface area contributed by atoms with Crippen LogP contribution in [0.25, 0.3) is 5.65 Å². The molecule has 2 aliphatic rings.